The molecule has 0 aliphatic carbocycles. The first-order valence-corrected chi connectivity index (χ1v) is 2.34. The third-order valence-electron chi connectivity index (χ3n) is 0.583. The fourth-order valence-electron chi connectivity index (χ4n) is 0.349. The summed E-state index contributed by atoms with van der Waals surface area (Å²) >= 11 is 0. The van der Waals surface area contributed by atoms with Gasteiger partial charge in [-0.25, -0.2) is 0 Å². The third kappa shape index (κ3) is 9.43. The summed E-state index contributed by atoms with van der Waals surface area (Å²) in [4.78, 5) is 9.81. The van der Waals surface area contributed by atoms with Crippen LogP contribution in [-0.4, -0.2) is 11.1 Å². The van der Waals surface area contributed by atoms with E-state index in [-0.39, 0.29) is 31.8 Å². The van der Waals surface area contributed by atoms with Gasteiger partial charge in [-0.3, -0.25) is 4.79 Å². The van der Waals surface area contributed by atoms with Crippen molar-refractivity contribution in [2.75, 3.05) is 0 Å². The Bertz CT molecular complexity index is 70.8. The van der Waals surface area contributed by atoms with Crippen molar-refractivity contribution >= 4 is 5.97 Å². The normalized spacial score (nSPS) is 8.38. The fourth-order valence-corrected chi connectivity index (χ4v) is 0.349. The van der Waals surface area contributed by atoms with Gasteiger partial charge in [0, 0.05) is 25.9 Å². The first-order chi connectivity index (χ1) is 3.13. The molecule has 0 amide bonds. The van der Waals surface area contributed by atoms with Gasteiger partial charge in [-0.05, 0) is 5.92 Å². The number of aliphatic carboxylic acids is 1. The van der Waals surface area contributed by atoms with Crippen LogP contribution in [0.3, 0.4) is 0 Å². The maximum Gasteiger partial charge on any atom is 0.303 e. The summed E-state index contributed by atoms with van der Waals surface area (Å²) in [5.41, 5.74) is 0. The second kappa shape index (κ2) is 5.23. The Balaban J connectivity index is 0. The number of carbonyl (C=O) groups is 1. The molecule has 0 saturated carbocycles. The van der Waals surface area contributed by atoms with E-state index in [1.54, 1.807) is 0 Å². The van der Waals surface area contributed by atoms with Crippen LogP contribution in [-0.2, 0) is 24.3 Å². The van der Waals surface area contributed by atoms with E-state index in [1.807, 2.05) is 13.8 Å². The predicted octanol–water partition coefficient (Wildman–Crippen LogP) is 1.11. The standard InChI is InChI=1S/C5H10O2.Rh/c1-4(2)3-5(6)7;/h4H,3H2,1-2H3,(H,6,7);. The first kappa shape index (κ1) is 11.0. The summed E-state index contributed by atoms with van der Waals surface area (Å²) < 4.78 is 0. The molecule has 0 saturated heterocycles. The van der Waals surface area contributed by atoms with Gasteiger partial charge in [0.05, 0.1) is 0 Å². The average molecular weight is 205 g/mol. The van der Waals surface area contributed by atoms with Crippen molar-refractivity contribution < 1.29 is 29.4 Å². The number of carboxylic acid groups (broad SMARTS) is 1. The van der Waals surface area contributed by atoms with Crippen molar-refractivity contribution in [3.8, 4) is 0 Å². The summed E-state index contributed by atoms with van der Waals surface area (Å²) in [5.74, 6) is -0.438. The molecule has 0 aromatic carbocycles. The quantitative estimate of drug-likeness (QED) is 0.685. The van der Waals surface area contributed by atoms with Crippen molar-refractivity contribution in [3.63, 3.8) is 0 Å². The van der Waals surface area contributed by atoms with Gasteiger partial charge in [-0.15, -0.1) is 0 Å². The fraction of sp³-hybridized carbons (Fsp3) is 0.800. The predicted molar refractivity (Wildman–Crippen MR) is 27.1 cm³/mol. The third-order valence-corrected chi connectivity index (χ3v) is 0.583. The van der Waals surface area contributed by atoms with Gasteiger partial charge in [0.1, 0.15) is 0 Å². The Labute approximate surface area is 62.0 Å². The second-order valence-corrected chi connectivity index (χ2v) is 1.99. The maximum absolute atomic E-state index is 9.81. The molecule has 0 rings (SSSR count). The van der Waals surface area contributed by atoms with Gasteiger partial charge in [0.2, 0.25) is 0 Å². The van der Waals surface area contributed by atoms with Crippen molar-refractivity contribution in [1.29, 1.82) is 0 Å². The van der Waals surface area contributed by atoms with Crippen molar-refractivity contribution in [3.05, 3.63) is 0 Å². The number of carboxylic acids is 1. The molecule has 0 spiro atoms. The average Bonchev–Trinajstić information content (AvgIpc) is 1.27. The molecule has 2 nitrogen and oxygen atoms in total. The van der Waals surface area contributed by atoms with Gasteiger partial charge in [0.25, 0.3) is 0 Å². The van der Waals surface area contributed by atoms with Crippen LogP contribution in [0.2, 0.25) is 0 Å². The van der Waals surface area contributed by atoms with Crippen molar-refractivity contribution in [2.45, 2.75) is 20.3 Å². The molecule has 0 fully saturated rings. The number of hydrogen-bond donors (Lipinski definition) is 1. The van der Waals surface area contributed by atoms with Crippen molar-refractivity contribution in [1.82, 2.24) is 0 Å². The molecule has 0 aliphatic heterocycles. The topological polar surface area (TPSA) is 37.3 Å². The molecule has 0 heterocycles. The van der Waals surface area contributed by atoms with Crippen LogP contribution in [0.1, 0.15) is 20.3 Å². The van der Waals surface area contributed by atoms with Gasteiger partial charge in [-0.2, -0.15) is 0 Å². The summed E-state index contributed by atoms with van der Waals surface area (Å²) in [6.45, 7) is 3.77. The number of rotatable bonds is 2. The Morgan fingerprint density at radius 1 is 1.62 bits per heavy atom. The van der Waals surface area contributed by atoms with Crippen LogP contribution in [0.25, 0.3) is 0 Å². The summed E-state index contributed by atoms with van der Waals surface area (Å²) in [7, 11) is 0. The summed E-state index contributed by atoms with van der Waals surface area (Å²) in [6, 6.07) is 0. The zero-order valence-electron chi connectivity index (χ0n) is 4.97. The van der Waals surface area contributed by atoms with Crippen LogP contribution >= 0.6 is 0 Å². The van der Waals surface area contributed by atoms with Gasteiger partial charge >= 0.3 is 5.97 Å². The molecule has 0 aliphatic rings. The zero-order valence-corrected chi connectivity index (χ0v) is 6.61. The molecule has 8 heavy (non-hydrogen) atoms. The Morgan fingerprint density at radius 2 is 2.00 bits per heavy atom. The van der Waals surface area contributed by atoms with Gasteiger partial charge in [0.15, 0.2) is 0 Å². The largest absolute Gasteiger partial charge is 0.481 e. The zero-order chi connectivity index (χ0) is 5.86. The smallest absolute Gasteiger partial charge is 0.303 e. The molecular formula is C5H10O2Rh. The first-order valence-electron chi connectivity index (χ1n) is 2.34. The van der Waals surface area contributed by atoms with E-state index in [4.69, 9.17) is 5.11 Å². The van der Waals surface area contributed by atoms with E-state index in [0.29, 0.717) is 0 Å². The van der Waals surface area contributed by atoms with E-state index in [1.165, 1.54) is 0 Å². The molecule has 1 radical (unpaired) electrons. The molecule has 0 bridgehead atoms. The van der Waals surface area contributed by atoms with Crippen LogP contribution in [0.5, 0.6) is 0 Å². The summed E-state index contributed by atoms with van der Waals surface area (Å²) in [5, 5.41) is 8.08. The number of hydrogen-bond acceptors (Lipinski definition) is 1. The van der Waals surface area contributed by atoms with Crippen LogP contribution in [0, 0.1) is 5.92 Å². The SMILES string of the molecule is CC(C)CC(=O)O.[Rh]. The molecule has 3 heteroatoms. The van der Waals surface area contributed by atoms with Crippen LogP contribution in [0.15, 0.2) is 0 Å². The molecule has 0 aromatic rings. The molecule has 51 valence electrons. The Hall–Kier alpha value is 0.0934. The minimum atomic E-state index is -0.713. The molecule has 1 N–H and O–H groups in total. The van der Waals surface area contributed by atoms with Crippen molar-refractivity contribution in [2.24, 2.45) is 5.92 Å². The van der Waals surface area contributed by atoms with Gasteiger partial charge < -0.3 is 5.11 Å². The molecule has 0 atom stereocenters. The monoisotopic (exact) mass is 205 g/mol. The molecule has 0 aromatic heterocycles. The maximum atomic E-state index is 9.81. The van der Waals surface area contributed by atoms with E-state index in [2.05, 4.69) is 0 Å². The Kier molecular flexibility index (Phi) is 7.18. The van der Waals surface area contributed by atoms with E-state index in [0.717, 1.165) is 0 Å². The van der Waals surface area contributed by atoms with Crippen LogP contribution < -0.4 is 0 Å². The van der Waals surface area contributed by atoms with Crippen LogP contribution in [0.4, 0.5) is 0 Å². The Morgan fingerprint density at radius 3 is 2.00 bits per heavy atom. The summed E-state index contributed by atoms with van der Waals surface area (Å²) in [6.07, 6.45) is 0.278. The second-order valence-electron chi connectivity index (χ2n) is 1.99. The van der Waals surface area contributed by atoms with E-state index in [9.17, 15) is 4.79 Å². The minimum Gasteiger partial charge on any atom is -0.481 e. The molecular weight excluding hydrogens is 195 g/mol. The minimum absolute atomic E-state index is 0. The van der Waals surface area contributed by atoms with Gasteiger partial charge in [-0.1, -0.05) is 13.8 Å². The van der Waals surface area contributed by atoms with E-state index < -0.39 is 5.97 Å². The molecule has 0 unspecified atom stereocenters. The van der Waals surface area contributed by atoms with E-state index >= 15 is 0 Å².